The van der Waals surface area contributed by atoms with Crippen LogP contribution < -0.4 is 14.8 Å². The lowest BCUT2D eigenvalue weighted by molar-refractivity contribution is -0.139. The van der Waals surface area contributed by atoms with Crippen LogP contribution in [0.3, 0.4) is 0 Å². The molecule has 4 aromatic rings. The summed E-state index contributed by atoms with van der Waals surface area (Å²) in [6, 6.07) is 22.0. The maximum atomic E-state index is 13.5. The predicted octanol–water partition coefficient (Wildman–Crippen LogP) is 6.05. The average molecular weight is 574 g/mol. The number of thiophene rings is 1. The van der Waals surface area contributed by atoms with Crippen LogP contribution in [0.4, 0.5) is 0 Å². The zero-order valence-corrected chi connectivity index (χ0v) is 23.3. The molecule has 8 nitrogen and oxygen atoms in total. The van der Waals surface area contributed by atoms with Gasteiger partial charge in [-0.1, -0.05) is 54.6 Å². The van der Waals surface area contributed by atoms with Crippen LogP contribution in [0.5, 0.6) is 11.5 Å². The number of benzene rings is 3. The topological polar surface area (TPSA) is 122 Å². The van der Waals surface area contributed by atoms with Gasteiger partial charge >= 0.3 is 11.9 Å². The third kappa shape index (κ3) is 8.43. The van der Waals surface area contributed by atoms with Crippen LogP contribution in [-0.4, -0.2) is 34.1 Å². The monoisotopic (exact) mass is 573 g/mol. The maximum absolute atomic E-state index is 13.5. The number of hydrogen-bond donors (Lipinski definition) is 3. The van der Waals surface area contributed by atoms with E-state index in [1.54, 1.807) is 47.7 Å². The van der Waals surface area contributed by atoms with Crippen molar-refractivity contribution in [3.63, 3.8) is 0 Å². The van der Waals surface area contributed by atoms with E-state index < -0.39 is 30.0 Å². The molecule has 1 amide bonds. The molecule has 0 aliphatic heterocycles. The highest BCUT2D eigenvalue weighted by atomic mass is 32.1. The summed E-state index contributed by atoms with van der Waals surface area (Å²) >= 11 is 1.55. The standard InChI is InChI=1S/C32H31NO7S/c1-21-7-5-6-10-25(21)28(13-14-30(34)35)40-29-18-24(39-19-23-15-16-41-20-23)11-12-26(29)31(36)33-27(32(37)38)17-22-8-3-2-4-9-22/h2-12,15-16,18,20,27-28H,13-14,17,19H2,1H3,(H,33,36)(H,34,35)(H,37,38)/t27-,28?/m0/s1. The van der Waals surface area contributed by atoms with Crippen LogP contribution >= 0.6 is 11.3 Å². The van der Waals surface area contributed by atoms with Crippen molar-refractivity contribution in [2.75, 3.05) is 0 Å². The van der Waals surface area contributed by atoms with Crippen molar-refractivity contribution in [3.05, 3.63) is 117 Å². The van der Waals surface area contributed by atoms with E-state index in [9.17, 15) is 24.6 Å². The summed E-state index contributed by atoms with van der Waals surface area (Å²) in [5.41, 5.74) is 3.57. The van der Waals surface area contributed by atoms with Gasteiger partial charge in [0.2, 0.25) is 0 Å². The number of carboxylic acids is 2. The normalized spacial score (nSPS) is 12.2. The molecule has 0 bridgehead atoms. The molecule has 0 aliphatic rings. The van der Waals surface area contributed by atoms with Gasteiger partial charge in [0.15, 0.2) is 0 Å². The highest BCUT2D eigenvalue weighted by Gasteiger charge is 2.25. The van der Waals surface area contributed by atoms with E-state index in [1.807, 2.05) is 54.1 Å². The van der Waals surface area contributed by atoms with Crippen molar-refractivity contribution < 1.29 is 34.1 Å². The number of rotatable bonds is 14. The second-order valence-electron chi connectivity index (χ2n) is 9.53. The van der Waals surface area contributed by atoms with Crippen LogP contribution in [0, 0.1) is 6.92 Å². The third-order valence-electron chi connectivity index (χ3n) is 6.49. The second-order valence-corrected chi connectivity index (χ2v) is 10.3. The van der Waals surface area contributed by atoms with Gasteiger partial charge in [0.1, 0.15) is 30.3 Å². The number of hydrogen-bond acceptors (Lipinski definition) is 6. The van der Waals surface area contributed by atoms with Crippen LogP contribution in [0.2, 0.25) is 0 Å². The van der Waals surface area contributed by atoms with E-state index in [2.05, 4.69) is 5.32 Å². The van der Waals surface area contributed by atoms with E-state index in [0.29, 0.717) is 12.4 Å². The Balaban J connectivity index is 1.65. The zero-order chi connectivity index (χ0) is 29.2. The number of carbonyl (C=O) groups is 3. The van der Waals surface area contributed by atoms with Crippen molar-refractivity contribution in [3.8, 4) is 11.5 Å². The molecule has 4 rings (SSSR count). The Hall–Kier alpha value is -4.63. The molecule has 0 saturated carbocycles. The molecule has 0 radical (unpaired) electrons. The largest absolute Gasteiger partial charge is 0.489 e. The van der Waals surface area contributed by atoms with Crippen molar-refractivity contribution >= 4 is 29.2 Å². The van der Waals surface area contributed by atoms with Gasteiger partial charge in [-0.05, 0) is 64.6 Å². The van der Waals surface area contributed by atoms with Gasteiger partial charge in [-0.2, -0.15) is 11.3 Å². The van der Waals surface area contributed by atoms with Gasteiger partial charge in [-0.25, -0.2) is 4.79 Å². The fourth-order valence-electron chi connectivity index (χ4n) is 4.34. The number of aliphatic carboxylic acids is 2. The molecule has 1 heterocycles. The SMILES string of the molecule is Cc1ccccc1C(CCC(=O)O)Oc1cc(OCc2ccsc2)ccc1C(=O)N[C@@H](Cc1ccccc1)C(=O)O. The number of nitrogens with one attached hydrogen (secondary N) is 1. The van der Waals surface area contributed by atoms with Crippen molar-refractivity contribution in [2.45, 2.75) is 44.9 Å². The average Bonchev–Trinajstić information content (AvgIpc) is 3.48. The third-order valence-corrected chi connectivity index (χ3v) is 7.23. The van der Waals surface area contributed by atoms with E-state index in [4.69, 9.17) is 9.47 Å². The molecule has 1 aromatic heterocycles. The quantitative estimate of drug-likeness (QED) is 0.168. The summed E-state index contributed by atoms with van der Waals surface area (Å²) < 4.78 is 12.3. The Labute approximate surface area is 242 Å². The van der Waals surface area contributed by atoms with Crippen molar-refractivity contribution in [1.82, 2.24) is 5.32 Å². The molecule has 0 saturated heterocycles. The van der Waals surface area contributed by atoms with Crippen LogP contribution in [0.15, 0.2) is 89.6 Å². The molecule has 0 spiro atoms. The first-order chi connectivity index (χ1) is 19.8. The van der Waals surface area contributed by atoms with Crippen LogP contribution in [-0.2, 0) is 22.6 Å². The molecule has 3 aromatic carbocycles. The predicted molar refractivity (Wildman–Crippen MR) is 156 cm³/mol. The number of amides is 1. The second kappa shape index (κ2) is 14.1. The number of carbonyl (C=O) groups excluding carboxylic acids is 1. The Kier molecular flexibility index (Phi) is 10.1. The highest BCUT2D eigenvalue weighted by molar-refractivity contribution is 7.07. The maximum Gasteiger partial charge on any atom is 0.326 e. The van der Waals surface area contributed by atoms with E-state index in [1.165, 1.54) is 6.07 Å². The molecule has 2 atom stereocenters. The summed E-state index contributed by atoms with van der Waals surface area (Å²) in [5, 5.41) is 25.7. The number of aryl methyl sites for hydroxylation is 1. The number of ether oxygens (including phenoxy) is 2. The lowest BCUT2D eigenvalue weighted by Gasteiger charge is -2.23. The molecule has 0 aliphatic carbocycles. The lowest BCUT2D eigenvalue weighted by Crippen LogP contribution is -2.42. The zero-order valence-electron chi connectivity index (χ0n) is 22.5. The van der Waals surface area contributed by atoms with E-state index >= 15 is 0 Å². The minimum atomic E-state index is -1.17. The Morgan fingerprint density at radius 1 is 0.927 bits per heavy atom. The molecule has 41 heavy (non-hydrogen) atoms. The summed E-state index contributed by atoms with van der Waals surface area (Å²) in [4.78, 5) is 37.0. The van der Waals surface area contributed by atoms with Gasteiger partial charge in [0.05, 0.1) is 5.56 Å². The van der Waals surface area contributed by atoms with E-state index in [-0.39, 0.29) is 30.6 Å². The lowest BCUT2D eigenvalue weighted by atomic mass is 9.99. The highest BCUT2D eigenvalue weighted by Crippen LogP contribution is 2.33. The number of carboxylic acid groups (broad SMARTS) is 2. The van der Waals surface area contributed by atoms with Gasteiger partial charge in [0.25, 0.3) is 5.91 Å². The summed E-state index contributed by atoms with van der Waals surface area (Å²) in [6.07, 6.45) is -0.560. The summed E-state index contributed by atoms with van der Waals surface area (Å²) in [6.45, 7) is 2.22. The molecule has 1 unspecified atom stereocenters. The first-order valence-corrected chi connectivity index (χ1v) is 14.0. The van der Waals surface area contributed by atoms with Crippen molar-refractivity contribution in [1.29, 1.82) is 0 Å². The Morgan fingerprint density at radius 3 is 2.37 bits per heavy atom. The molecular formula is C32H31NO7S. The molecule has 9 heteroatoms. The molecular weight excluding hydrogens is 542 g/mol. The fraction of sp³-hybridized carbons (Fsp3) is 0.219. The van der Waals surface area contributed by atoms with Crippen LogP contribution in [0.25, 0.3) is 0 Å². The van der Waals surface area contributed by atoms with E-state index in [0.717, 1.165) is 22.3 Å². The first kappa shape index (κ1) is 29.4. The summed E-state index contributed by atoms with van der Waals surface area (Å²) in [7, 11) is 0. The molecule has 212 valence electrons. The van der Waals surface area contributed by atoms with Crippen molar-refractivity contribution in [2.24, 2.45) is 0 Å². The van der Waals surface area contributed by atoms with Gasteiger partial charge in [-0.3, -0.25) is 9.59 Å². The molecule has 3 N–H and O–H groups in total. The van der Waals surface area contributed by atoms with Gasteiger partial charge < -0.3 is 25.0 Å². The molecule has 0 fully saturated rings. The smallest absolute Gasteiger partial charge is 0.326 e. The minimum Gasteiger partial charge on any atom is -0.489 e. The minimum absolute atomic E-state index is 0.102. The Bertz CT molecular complexity index is 1470. The fourth-order valence-corrected chi connectivity index (χ4v) is 4.99. The first-order valence-electron chi connectivity index (χ1n) is 13.1. The van der Waals surface area contributed by atoms with Crippen LogP contribution in [0.1, 0.15) is 51.6 Å². The Morgan fingerprint density at radius 2 is 1.68 bits per heavy atom. The van der Waals surface area contributed by atoms with Gasteiger partial charge in [0, 0.05) is 18.9 Å². The van der Waals surface area contributed by atoms with Gasteiger partial charge in [-0.15, -0.1) is 0 Å². The summed E-state index contributed by atoms with van der Waals surface area (Å²) in [5.74, 6) is -2.16.